The molecule has 2 aromatic rings. The fourth-order valence-electron chi connectivity index (χ4n) is 6.81. The molecule has 1 unspecified atom stereocenters. The van der Waals surface area contributed by atoms with E-state index in [9.17, 15) is 48.9 Å². The summed E-state index contributed by atoms with van der Waals surface area (Å²) in [6.45, 7) is 4.56. The van der Waals surface area contributed by atoms with Gasteiger partial charge in [-0.3, -0.25) is 33.6 Å². The van der Waals surface area contributed by atoms with Crippen molar-refractivity contribution in [3.8, 4) is 0 Å². The summed E-state index contributed by atoms with van der Waals surface area (Å²) in [6.07, 6.45) is -1.50. The van der Waals surface area contributed by atoms with E-state index in [-0.39, 0.29) is 25.1 Å². The molecule has 0 aliphatic carbocycles. The minimum atomic E-state index is -1.89. The standard InChI is InChI=1S/C35H49N9O10S/c1-15-27(47)39-22-11-20-19-10-18(36)7-8-21(19)42-33(20)55-13-24(34(53)44-9-5-6-25(44)31(51)38-15)41-32(52)26(17(3)46)43-28(48)16(2)37-30(50)23(40-29(22)49)12-35(4,54)14-45/h7-8,10,15-17,22-26,42,45-46,54H,5-6,9,11-14,36H2,1-4H3,(H,37,50)(H,38,51)(H,39,47)(H,40,49)(H,41,52)(H,43,48)/t15-,16-,17?,22-,23-,24+,25-,26+,35+/m0/s1. The number of aliphatic hydroxyl groups is 3. The van der Waals surface area contributed by atoms with Crippen molar-refractivity contribution in [3.63, 3.8) is 0 Å². The van der Waals surface area contributed by atoms with Gasteiger partial charge in [0.2, 0.25) is 41.4 Å². The van der Waals surface area contributed by atoms with Gasteiger partial charge in [0, 0.05) is 41.7 Å². The average molecular weight is 788 g/mol. The molecule has 9 atom stereocenters. The van der Waals surface area contributed by atoms with Gasteiger partial charge in [0.1, 0.15) is 42.3 Å². The number of carbonyl (C=O) groups is 7. The van der Waals surface area contributed by atoms with Crippen molar-refractivity contribution >= 4 is 69.7 Å². The number of hydrogen-bond acceptors (Lipinski definition) is 12. The molecular weight excluding hydrogens is 739 g/mol. The van der Waals surface area contributed by atoms with E-state index in [1.807, 2.05) is 0 Å². The molecule has 300 valence electrons. The normalized spacial score (nSPS) is 29.4. The second kappa shape index (κ2) is 16.8. The third-order valence-electron chi connectivity index (χ3n) is 9.96. The zero-order valence-electron chi connectivity index (χ0n) is 30.9. The monoisotopic (exact) mass is 787 g/mol. The van der Waals surface area contributed by atoms with E-state index in [0.29, 0.717) is 33.6 Å². The lowest BCUT2D eigenvalue weighted by molar-refractivity contribution is -0.142. The highest BCUT2D eigenvalue weighted by Gasteiger charge is 2.41. The van der Waals surface area contributed by atoms with Crippen molar-refractivity contribution in [2.24, 2.45) is 0 Å². The Morgan fingerprint density at radius 3 is 2.22 bits per heavy atom. The van der Waals surface area contributed by atoms with Crippen molar-refractivity contribution in [1.82, 2.24) is 41.8 Å². The third kappa shape index (κ3) is 9.49. The van der Waals surface area contributed by atoms with Crippen LogP contribution < -0.4 is 37.6 Å². The number of aromatic amines is 1. The molecule has 7 amide bonds. The lowest BCUT2D eigenvalue weighted by Gasteiger charge is -2.31. The van der Waals surface area contributed by atoms with Crippen LogP contribution >= 0.6 is 11.8 Å². The van der Waals surface area contributed by atoms with Crippen LogP contribution in [-0.2, 0) is 40.0 Å². The number of nitrogens with one attached hydrogen (secondary N) is 7. The van der Waals surface area contributed by atoms with Crippen LogP contribution in [0.5, 0.6) is 0 Å². The number of hydrogen-bond donors (Lipinski definition) is 11. The highest BCUT2D eigenvalue weighted by atomic mass is 32.2. The summed E-state index contributed by atoms with van der Waals surface area (Å²) >= 11 is 1.11. The first kappa shape index (κ1) is 41.2. The highest BCUT2D eigenvalue weighted by molar-refractivity contribution is 7.99. The van der Waals surface area contributed by atoms with E-state index in [1.54, 1.807) is 18.2 Å². The van der Waals surface area contributed by atoms with Crippen LogP contribution in [0.4, 0.5) is 5.69 Å². The largest absolute Gasteiger partial charge is 0.399 e. The first-order valence-corrected chi connectivity index (χ1v) is 19.0. The Kier molecular flexibility index (Phi) is 12.6. The molecule has 1 aromatic carbocycles. The number of carbonyl (C=O) groups excluding carboxylic acids is 7. The van der Waals surface area contributed by atoms with Gasteiger partial charge in [0.25, 0.3) is 0 Å². The summed E-state index contributed by atoms with van der Waals surface area (Å²) in [5, 5.41) is 47.7. The number of nitrogen functional groups attached to an aromatic ring is 1. The Labute approximate surface area is 320 Å². The Bertz CT molecular complexity index is 1850. The molecule has 12 N–H and O–H groups in total. The summed E-state index contributed by atoms with van der Waals surface area (Å²) in [6, 6.07) is -4.43. The molecule has 1 fully saturated rings. The zero-order valence-corrected chi connectivity index (χ0v) is 31.7. The maximum atomic E-state index is 14.3. The maximum absolute atomic E-state index is 14.3. The number of amides is 7. The van der Waals surface area contributed by atoms with E-state index in [0.717, 1.165) is 11.8 Å². The molecule has 4 heterocycles. The summed E-state index contributed by atoms with van der Waals surface area (Å²) in [5.41, 5.74) is 5.74. The Balaban J connectivity index is 1.70. The van der Waals surface area contributed by atoms with E-state index < -0.39 is 108 Å². The predicted molar refractivity (Wildman–Crippen MR) is 199 cm³/mol. The third-order valence-corrected chi connectivity index (χ3v) is 11.1. The molecule has 1 aromatic heterocycles. The van der Waals surface area contributed by atoms with E-state index in [2.05, 4.69) is 36.9 Å². The van der Waals surface area contributed by atoms with Gasteiger partial charge >= 0.3 is 0 Å². The molecule has 2 bridgehead atoms. The van der Waals surface area contributed by atoms with Crippen molar-refractivity contribution in [2.45, 2.75) is 112 Å². The number of nitrogens with zero attached hydrogens (tertiary/aromatic N) is 1. The molecule has 1 saturated heterocycles. The van der Waals surface area contributed by atoms with Crippen LogP contribution in [0.3, 0.4) is 0 Å². The predicted octanol–water partition coefficient (Wildman–Crippen LogP) is -3.13. The molecule has 19 nitrogen and oxygen atoms in total. The van der Waals surface area contributed by atoms with Gasteiger partial charge < -0.3 is 62.8 Å². The number of rotatable bonds is 4. The number of benzene rings is 1. The topological polar surface area (TPSA) is 297 Å². The first-order chi connectivity index (χ1) is 25.9. The Hall–Kier alpha value is -4.92. The number of aliphatic hydroxyl groups excluding tert-OH is 2. The molecule has 3 aliphatic heterocycles. The second-order valence-electron chi connectivity index (χ2n) is 14.7. The van der Waals surface area contributed by atoms with Crippen LogP contribution in [0.1, 0.15) is 52.5 Å². The molecule has 0 saturated carbocycles. The van der Waals surface area contributed by atoms with Gasteiger partial charge in [-0.2, -0.15) is 0 Å². The van der Waals surface area contributed by atoms with Gasteiger partial charge in [0.05, 0.1) is 23.3 Å². The summed E-state index contributed by atoms with van der Waals surface area (Å²) in [5.74, 6) is -5.79. The van der Waals surface area contributed by atoms with Gasteiger partial charge in [0.15, 0.2) is 0 Å². The number of nitrogens with two attached hydrogens (primary N) is 1. The molecular formula is C35H49N9O10S. The molecule has 0 spiro atoms. The lowest BCUT2D eigenvalue weighted by atomic mass is 9.96. The van der Waals surface area contributed by atoms with Gasteiger partial charge in [-0.1, -0.05) is 0 Å². The summed E-state index contributed by atoms with van der Waals surface area (Å²) < 4.78 is 0. The van der Waals surface area contributed by atoms with E-state index >= 15 is 0 Å². The Morgan fingerprint density at radius 2 is 1.55 bits per heavy atom. The first-order valence-electron chi connectivity index (χ1n) is 18.1. The molecule has 20 heteroatoms. The van der Waals surface area contributed by atoms with Gasteiger partial charge in [-0.05, 0) is 64.3 Å². The van der Waals surface area contributed by atoms with Crippen LogP contribution in [0.25, 0.3) is 10.9 Å². The maximum Gasteiger partial charge on any atom is 0.246 e. The Morgan fingerprint density at radius 1 is 0.891 bits per heavy atom. The second-order valence-corrected chi connectivity index (χ2v) is 15.7. The number of fused-ring (bicyclic) bond motifs is 5. The van der Waals surface area contributed by atoms with Crippen LogP contribution in [0, 0.1) is 0 Å². The van der Waals surface area contributed by atoms with Crippen molar-refractivity contribution in [3.05, 3.63) is 23.8 Å². The SMILES string of the molecule is CC(O)[C@H]1NC(=O)[C@H](C)NC(=O)[C@H](C[C@@](C)(O)CO)NC(=O)[C@@H]2Cc3c([nH]c4ccc(N)cc34)SC[C@@H](NC1=O)C(=O)N1CCC[C@H]1C(=O)N[C@@H](C)C(=O)N2. The quantitative estimate of drug-likeness (QED) is 0.137. The number of thioether (sulfide) groups is 1. The fourth-order valence-corrected chi connectivity index (χ4v) is 7.92. The van der Waals surface area contributed by atoms with Crippen molar-refractivity contribution in [2.75, 3.05) is 24.6 Å². The lowest BCUT2D eigenvalue weighted by Crippen LogP contribution is -2.61. The zero-order chi connectivity index (χ0) is 40.4. The van der Waals surface area contributed by atoms with Gasteiger partial charge in [-0.25, -0.2) is 0 Å². The van der Waals surface area contributed by atoms with Crippen molar-refractivity contribution < 1.29 is 48.9 Å². The van der Waals surface area contributed by atoms with E-state index in [4.69, 9.17) is 5.73 Å². The average Bonchev–Trinajstić information content (AvgIpc) is 3.75. The minimum absolute atomic E-state index is 0.115. The molecule has 0 radical (unpaired) electrons. The van der Waals surface area contributed by atoms with Gasteiger partial charge in [-0.15, -0.1) is 11.8 Å². The molecule has 3 aliphatic rings. The fraction of sp³-hybridized carbons (Fsp3) is 0.571. The molecule has 5 rings (SSSR count). The minimum Gasteiger partial charge on any atom is -0.399 e. The van der Waals surface area contributed by atoms with Crippen molar-refractivity contribution in [1.29, 1.82) is 0 Å². The van der Waals surface area contributed by atoms with Crippen LogP contribution in [-0.4, -0.2) is 139 Å². The summed E-state index contributed by atoms with van der Waals surface area (Å²) in [7, 11) is 0. The highest BCUT2D eigenvalue weighted by Crippen LogP contribution is 2.33. The smallest absolute Gasteiger partial charge is 0.246 e. The van der Waals surface area contributed by atoms with Crippen LogP contribution in [0.2, 0.25) is 0 Å². The number of aromatic nitrogens is 1. The van der Waals surface area contributed by atoms with E-state index in [1.165, 1.54) is 32.6 Å². The number of H-pyrrole nitrogens is 1. The summed E-state index contributed by atoms with van der Waals surface area (Å²) in [4.78, 5) is 101. The van der Waals surface area contributed by atoms with Crippen LogP contribution in [0.15, 0.2) is 23.2 Å². The number of anilines is 1. The molecule has 55 heavy (non-hydrogen) atoms.